The molecule has 0 unspecified atom stereocenters. The lowest BCUT2D eigenvalue weighted by Gasteiger charge is -2.01. The van der Waals surface area contributed by atoms with Crippen molar-refractivity contribution in [1.29, 1.82) is 0 Å². The monoisotopic (exact) mass is 411 g/mol. The summed E-state index contributed by atoms with van der Waals surface area (Å²) in [5, 5.41) is 20.8. The van der Waals surface area contributed by atoms with Gasteiger partial charge in [-0.15, -0.1) is 5.10 Å². The van der Waals surface area contributed by atoms with Crippen LogP contribution in [0.1, 0.15) is 11.1 Å². The van der Waals surface area contributed by atoms with Crippen LogP contribution in [0.3, 0.4) is 0 Å². The molecule has 1 aliphatic heterocycles. The molecule has 1 aliphatic rings. The predicted octanol–water partition coefficient (Wildman–Crippen LogP) is 4.24. The van der Waals surface area contributed by atoms with Crippen molar-refractivity contribution in [3.8, 4) is 5.75 Å². The van der Waals surface area contributed by atoms with Crippen LogP contribution in [0.2, 0.25) is 10.0 Å². The Bertz CT molecular complexity index is 881. The fourth-order valence-corrected chi connectivity index (χ4v) is 2.93. The number of benzene rings is 2. The molecule has 0 atom stereocenters. The van der Waals surface area contributed by atoms with Gasteiger partial charge in [0.25, 0.3) is 5.91 Å². The number of hydrogen-bond donors (Lipinski definition) is 2. The van der Waals surface area contributed by atoms with Crippen LogP contribution in [0.5, 0.6) is 5.75 Å². The van der Waals surface area contributed by atoms with Crippen LogP contribution in [0.25, 0.3) is 0 Å². The van der Waals surface area contributed by atoms with Gasteiger partial charge >= 0.3 is 0 Å². The Balaban J connectivity index is 1.95. The van der Waals surface area contributed by atoms with E-state index in [0.717, 1.165) is 4.47 Å². The standard InChI is InChI=1S/C15H8BrCl2N3O2/c16-8-1-2-12-10(4-8)13(15(23)20-12)21-19-6-7-3-9(17)5-11(18)14(7)22/h1-6,22H,(H,20,21,23)/b19-6+. The van der Waals surface area contributed by atoms with E-state index in [0.29, 0.717) is 21.8 Å². The van der Waals surface area contributed by atoms with Gasteiger partial charge in [0.2, 0.25) is 0 Å². The highest BCUT2D eigenvalue weighted by molar-refractivity contribution is 9.10. The number of phenolic OH excluding ortho intramolecular Hbond substituents is 1. The molecular formula is C15H8BrCl2N3O2. The molecular weight excluding hydrogens is 405 g/mol. The zero-order valence-corrected chi connectivity index (χ0v) is 14.4. The maximum Gasteiger partial charge on any atom is 0.276 e. The number of carbonyl (C=O) groups excluding carboxylic acids is 1. The number of hydrogen-bond acceptors (Lipinski definition) is 4. The van der Waals surface area contributed by atoms with Gasteiger partial charge in [-0.2, -0.15) is 5.10 Å². The fourth-order valence-electron chi connectivity index (χ4n) is 2.06. The second-order valence-electron chi connectivity index (χ2n) is 4.66. The molecule has 0 fully saturated rings. The van der Waals surface area contributed by atoms with Gasteiger partial charge in [-0.05, 0) is 30.3 Å². The number of carbonyl (C=O) groups is 1. The lowest BCUT2D eigenvalue weighted by Crippen LogP contribution is -2.13. The first kappa shape index (κ1) is 16.0. The Morgan fingerprint density at radius 3 is 2.78 bits per heavy atom. The molecule has 0 aliphatic carbocycles. The number of halogens is 3. The number of aromatic hydroxyl groups is 1. The molecule has 3 rings (SSSR count). The summed E-state index contributed by atoms with van der Waals surface area (Å²) in [6.45, 7) is 0. The molecule has 1 heterocycles. The topological polar surface area (TPSA) is 74.0 Å². The number of nitrogens with one attached hydrogen (secondary N) is 1. The van der Waals surface area contributed by atoms with Crippen molar-refractivity contribution in [2.75, 3.05) is 5.32 Å². The molecule has 0 bridgehead atoms. The SMILES string of the molecule is O=C1Nc2ccc(Br)cc2/C1=N/N=C/c1cc(Cl)cc(Cl)c1O. The summed E-state index contributed by atoms with van der Waals surface area (Å²) in [4.78, 5) is 11.9. The molecule has 2 aromatic rings. The Kier molecular flexibility index (Phi) is 4.39. The van der Waals surface area contributed by atoms with Crippen molar-refractivity contribution in [3.63, 3.8) is 0 Å². The van der Waals surface area contributed by atoms with Crippen LogP contribution in [-0.4, -0.2) is 22.9 Å². The fraction of sp³-hybridized carbons (Fsp3) is 0. The van der Waals surface area contributed by atoms with Gasteiger partial charge in [0.05, 0.1) is 16.9 Å². The third-order valence-corrected chi connectivity index (χ3v) is 4.11. The van der Waals surface area contributed by atoms with Gasteiger partial charge in [0, 0.05) is 20.6 Å². The number of rotatable bonds is 2. The summed E-state index contributed by atoms with van der Waals surface area (Å²) < 4.78 is 0.823. The highest BCUT2D eigenvalue weighted by atomic mass is 79.9. The maximum atomic E-state index is 11.9. The number of fused-ring (bicyclic) bond motifs is 1. The summed E-state index contributed by atoms with van der Waals surface area (Å²) in [7, 11) is 0. The highest BCUT2D eigenvalue weighted by Crippen LogP contribution is 2.30. The second-order valence-corrected chi connectivity index (χ2v) is 6.42. The van der Waals surface area contributed by atoms with Crippen molar-refractivity contribution < 1.29 is 9.90 Å². The molecule has 2 N–H and O–H groups in total. The van der Waals surface area contributed by atoms with E-state index in [2.05, 4.69) is 31.4 Å². The van der Waals surface area contributed by atoms with E-state index in [1.165, 1.54) is 18.3 Å². The van der Waals surface area contributed by atoms with Crippen LogP contribution in [0, 0.1) is 0 Å². The van der Waals surface area contributed by atoms with E-state index in [1.54, 1.807) is 12.1 Å². The first-order valence-corrected chi connectivity index (χ1v) is 7.91. The summed E-state index contributed by atoms with van der Waals surface area (Å²) in [6.07, 6.45) is 1.28. The minimum atomic E-state index is -0.344. The van der Waals surface area contributed by atoms with E-state index in [9.17, 15) is 9.90 Å². The first-order valence-electron chi connectivity index (χ1n) is 6.36. The summed E-state index contributed by atoms with van der Waals surface area (Å²) >= 11 is 15.1. The average Bonchev–Trinajstić information content (AvgIpc) is 2.79. The van der Waals surface area contributed by atoms with Crippen LogP contribution in [0.4, 0.5) is 5.69 Å². The summed E-state index contributed by atoms with van der Waals surface area (Å²) in [6, 6.07) is 8.27. The lowest BCUT2D eigenvalue weighted by molar-refractivity contribution is -0.110. The minimum absolute atomic E-state index is 0.111. The Morgan fingerprint density at radius 1 is 1.22 bits per heavy atom. The summed E-state index contributed by atoms with van der Waals surface area (Å²) in [5.74, 6) is -0.498. The molecule has 116 valence electrons. The van der Waals surface area contributed by atoms with Gasteiger partial charge in [-0.25, -0.2) is 0 Å². The van der Waals surface area contributed by atoms with Gasteiger partial charge in [-0.1, -0.05) is 39.1 Å². The molecule has 0 spiro atoms. The third kappa shape index (κ3) is 3.24. The van der Waals surface area contributed by atoms with Crippen LogP contribution < -0.4 is 5.32 Å². The molecule has 0 saturated carbocycles. The first-order chi connectivity index (χ1) is 11.0. The zero-order valence-electron chi connectivity index (χ0n) is 11.3. The normalized spacial score (nSPS) is 15.3. The molecule has 2 aromatic carbocycles. The number of phenols is 1. The number of nitrogens with zero attached hydrogens (tertiary/aromatic N) is 2. The molecule has 5 nitrogen and oxygen atoms in total. The van der Waals surface area contributed by atoms with E-state index in [1.807, 2.05) is 6.07 Å². The predicted molar refractivity (Wildman–Crippen MR) is 95.0 cm³/mol. The van der Waals surface area contributed by atoms with Gasteiger partial charge in [-0.3, -0.25) is 4.79 Å². The van der Waals surface area contributed by atoms with Gasteiger partial charge < -0.3 is 10.4 Å². The van der Waals surface area contributed by atoms with Crippen LogP contribution in [-0.2, 0) is 4.79 Å². The lowest BCUT2D eigenvalue weighted by atomic mass is 10.1. The molecule has 0 radical (unpaired) electrons. The Morgan fingerprint density at radius 2 is 2.00 bits per heavy atom. The Labute approximate surface area is 149 Å². The van der Waals surface area contributed by atoms with Crippen molar-refractivity contribution in [1.82, 2.24) is 0 Å². The molecule has 23 heavy (non-hydrogen) atoms. The van der Waals surface area contributed by atoms with Gasteiger partial charge in [0.1, 0.15) is 5.75 Å². The largest absolute Gasteiger partial charge is 0.506 e. The van der Waals surface area contributed by atoms with Crippen LogP contribution >= 0.6 is 39.1 Å². The van der Waals surface area contributed by atoms with E-state index < -0.39 is 0 Å². The number of amides is 1. The maximum absolute atomic E-state index is 11.9. The van der Waals surface area contributed by atoms with Crippen LogP contribution in [0.15, 0.2) is 45.0 Å². The molecule has 1 amide bonds. The van der Waals surface area contributed by atoms with Crippen molar-refractivity contribution in [3.05, 3.63) is 56.0 Å². The number of anilines is 1. The van der Waals surface area contributed by atoms with E-state index >= 15 is 0 Å². The minimum Gasteiger partial charge on any atom is -0.506 e. The molecule has 8 heteroatoms. The zero-order chi connectivity index (χ0) is 16.6. The quantitative estimate of drug-likeness (QED) is 0.571. The Hall–Kier alpha value is -1.89. The van der Waals surface area contributed by atoms with E-state index in [-0.39, 0.29) is 22.4 Å². The van der Waals surface area contributed by atoms with Crippen molar-refractivity contribution in [2.45, 2.75) is 0 Å². The van der Waals surface area contributed by atoms with Gasteiger partial charge in [0.15, 0.2) is 5.71 Å². The van der Waals surface area contributed by atoms with Crippen molar-refractivity contribution >= 4 is 62.7 Å². The molecule has 0 saturated heterocycles. The average molecular weight is 413 g/mol. The van der Waals surface area contributed by atoms with E-state index in [4.69, 9.17) is 23.2 Å². The molecule has 0 aromatic heterocycles. The van der Waals surface area contributed by atoms with Crippen molar-refractivity contribution in [2.24, 2.45) is 10.2 Å². The second kappa shape index (κ2) is 6.31. The summed E-state index contributed by atoms with van der Waals surface area (Å²) in [5.41, 5.74) is 1.81. The smallest absolute Gasteiger partial charge is 0.276 e. The highest BCUT2D eigenvalue weighted by Gasteiger charge is 2.26. The third-order valence-electron chi connectivity index (χ3n) is 3.11.